The molecule has 5 nitrogen and oxygen atoms in total. The summed E-state index contributed by atoms with van der Waals surface area (Å²) in [4.78, 5) is 23.9. The van der Waals surface area contributed by atoms with Crippen LogP contribution in [0.4, 0.5) is 0 Å². The lowest BCUT2D eigenvalue weighted by Crippen LogP contribution is -2.59. The predicted molar refractivity (Wildman–Crippen MR) is 99.6 cm³/mol. The topological polar surface area (TPSA) is 83.8 Å². The second-order valence-corrected chi connectivity index (χ2v) is 9.80. The molecule has 0 amide bonds. The Labute approximate surface area is 161 Å². The van der Waals surface area contributed by atoms with Gasteiger partial charge in [-0.15, -0.1) is 0 Å². The van der Waals surface area contributed by atoms with Gasteiger partial charge in [0.1, 0.15) is 0 Å². The fourth-order valence-electron chi connectivity index (χ4n) is 7.31. The lowest BCUT2D eigenvalue weighted by molar-refractivity contribution is -0.150. The molecule has 0 aromatic rings. The van der Waals surface area contributed by atoms with Crippen molar-refractivity contribution in [3.8, 4) is 0 Å². The van der Waals surface area contributed by atoms with E-state index < -0.39 is 17.6 Å². The third kappa shape index (κ3) is 2.65. The van der Waals surface area contributed by atoms with Gasteiger partial charge in [0.05, 0.1) is 19.3 Å². The van der Waals surface area contributed by atoms with Crippen LogP contribution in [-0.4, -0.2) is 41.3 Å². The van der Waals surface area contributed by atoms with Crippen LogP contribution in [0, 0.1) is 34.5 Å². The Bertz CT molecular complexity index is 684. The fourth-order valence-corrected chi connectivity index (χ4v) is 7.31. The summed E-state index contributed by atoms with van der Waals surface area (Å²) < 4.78 is 4.91. The van der Waals surface area contributed by atoms with Gasteiger partial charge in [-0.1, -0.05) is 19.4 Å². The van der Waals surface area contributed by atoms with E-state index in [2.05, 4.69) is 13.8 Å². The minimum absolute atomic E-state index is 0.0275. The molecule has 0 radical (unpaired) electrons. The summed E-state index contributed by atoms with van der Waals surface area (Å²) in [7, 11) is 1.44. The van der Waals surface area contributed by atoms with Crippen molar-refractivity contribution in [2.24, 2.45) is 34.5 Å². The molecular formula is C22H32O5. The molecule has 0 heterocycles. The lowest BCUT2D eigenvalue weighted by atomic mass is 9.45. The summed E-state index contributed by atoms with van der Waals surface area (Å²) in [5.41, 5.74) is 0.552. The zero-order valence-electron chi connectivity index (χ0n) is 16.6. The maximum Gasteiger partial charge on any atom is 0.305 e. The van der Waals surface area contributed by atoms with Crippen LogP contribution in [0.2, 0.25) is 0 Å². The molecule has 0 saturated heterocycles. The molecule has 4 rings (SSSR count). The van der Waals surface area contributed by atoms with Crippen LogP contribution in [0.15, 0.2) is 11.6 Å². The van der Waals surface area contributed by atoms with Crippen LogP contribution in [-0.2, 0) is 14.3 Å². The molecule has 27 heavy (non-hydrogen) atoms. The third-order valence-electron chi connectivity index (χ3n) is 8.93. The normalized spacial score (nSPS) is 48.9. The number of ketones is 1. The monoisotopic (exact) mass is 376 g/mol. The highest BCUT2D eigenvalue weighted by Crippen LogP contribution is 2.67. The van der Waals surface area contributed by atoms with E-state index >= 15 is 0 Å². The largest absolute Gasteiger partial charge is 0.469 e. The Balaban J connectivity index is 1.67. The highest BCUT2D eigenvalue weighted by atomic mass is 16.5. The lowest BCUT2D eigenvalue weighted by Gasteiger charge is -2.60. The predicted octanol–water partition coefficient (Wildman–Crippen LogP) is 2.64. The molecule has 8 atom stereocenters. The second-order valence-electron chi connectivity index (χ2n) is 9.80. The van der Waals surface area contributed by atoms with E-state index in [-0.39, 0.29) is 35.4 Å². The van der Waals surface area contributed by atoms with Gasteiger partial charge in [0, 0.05) is 18.3 Å². The van der Waals surface area contributed by atoms with Crippen molar-refractivity contribution in [2.75, 3.05) is 7.11 Å². The van der Waals surface area contributed by atoms with Gasteiger partial charge in [-0.3, -0.25) is 9.59 Å². The number of hydrogen-bond acceptors (Lipinski definition) is 5. The van der Waals surface area contributed by atoms with Gasteiger partial charge in [0.25, 0.3) is 0 Å². The zero-order chi connectivity index (χ0) is 19.6. The number of carbonyl (C=O) groups excluding carboxylic acids is 2. The van der Waals surface area contributed by atoms with Gasteiger partial charge in [0.15, 0.2) is 5.78 Å². The molecule has 0 spiro atoms. The Hall–Kier alpha value is -1.20. The summed E-state index contributed by atoms with van der Waals surface area (Å²) >= 11 is 0. The van der Waals surface area contributed by atoms with Crippen molar-refractivity contribution in [2.45, 2.75) is 71.0 Å². The molecule has 150 valence electrons. The highest BCUT2D eigenvalue weighted by Gasteiger charge is 2.63. The number of ether oxygens (including phenoxy) is 1. The number of esters is 1. The molecule has 2 N–H and O–H groups in total. The molecule has 3 saturated carbocycles. The Morgan fingerprint density at radius 3 is 2.63 bits per heavy atom. The fraction of sp³-hybridized carbons (Fsp3) is 0.818. The minimum atomic E-state index is -0.665. The van der Waals surface area contributed by atoms with Crippen molar-refractivity contribution in [3.05, 3.63) is 11.6 Å². The van der Waals surface area contributed by atoms with Crippen LogP contribution in [0.3, 0.4) is 0 Å². The molecule has 5 heteroatoms. The molecule has 3 fully saturated rings. The zero-order valence-corrected chi connectivity index (χ0v) is 16.6. The minimum Gasteiger partial charge on any atom is -0.469 e. The maximum absolute atomic E-state index is 12.0. The molecule has 0 bridgehead atoms. The van der Waals surface area contributed by atoms with Gasteiger partial charge in [-0.25, -0.2) is 0 Å². The summed E-state index contributed by atoms with van der Waals surface area (Å²) in [6, 6.07) is 0. The average molecular weight is 376 g/mol. The Morgan fingerprint density at radius 1 is 1.19 bits per heavy atom. The number of rotatable bonds is 2. The van der Waals surface area contributed by atoms with Gasteiger partial charge >= 0.3 is 5.97 Å². The van der Waals surface area contributed by atoms with Crippen LogP contribution in [0.1, 0.15) is 58.8 Å². The van der Waals surface area contributed by atoms with Crippen molar-refractivity contribution in [1.29, 1.82) is 0 Å². The summed E-state index contributed by atoms with van der Waals surface area (Å²) in [6.07, 6.45) is 5.59. The van der Waals surface area contributed by atoms with Gasteiger partial charge in [-0.05, 0) is 67.3 Å². The van der Waals surface area contributed by atoms with Crippen molar-refractivity contribution >= 4 is 11.8 Å². The highest BCUT2D eigenvalue weighted by molar-refractivity contribution is 5.92. The molecule has 4 aliphatic rings. The van der Waals surface area contributed by atoms with E-state index in [0.717, 1.165) is 31.3 Å². The van der Waals surface area contributed by atoms with Crippen molar-refractivity contribution in [3.63, 3.8) is 0 Å². The molecule has 0 aromatic carbocycles. The Kier molecular flexibility index (Phi) is 4.54. The maximum atomic E-state index is 12.0. The summed E-state index contributed by atoms with van der Waals surface area (Å²) in [5, 5.41) is 21.9. The van der Waals surface area contributed by atoms with Crippen molar-refractivity contribution in [1.82, 2.24) is 0 Å². The van der Waals surface area contributed by atoms with Crippen LogP contribution < -0.4 is 0 Å². The number of hydrogen-bond donors (Lipinski definition) is 2. The first-order valence-corrected chi connectivity index (χ1v) is 10.4. The first kappa shape index (κ1) is 19.1. The van der Waals surface area contributed by atoms with Crippen molar-refractivity contribution < 1.29 is 24.5 Å². The number of aliphatic hydroxyl groups is 2. The van der Waals surface area contributed by atoms with Crippen LogP contribution >= 0.6 is 0 Å². The SMILES string of the molecule is COC(=O)CC1CCC2C3C(O)CC4=CC(=O)CC(O)C4(C)C3CCC12C. The Morgan fingerprint density at radius 2 is 1.93 bits per heavy atom. The smallest absolute Gasteiger partial charge is 0.305 e. The summed E-state index contributed by atoms with van der Waals surface area (Å²) in [6.45, 7) is 4.39. The second kappa shape index (κ2) is 6.41. The standard InChI is InChI=1S/C22H32O5/c1-21-7-6-16-20(15(21)5-4-12(21)10-19(26)27-3)17(24)9-13-8-14(23)11-18(25)22(13,16)2/h8,12,15-18,20,24-25H,4-7,9-11H2,1-3H3. The van der Waals surface area contributed by atoms with E-state index in [9.17, 15) is 19.8 Å². The summed E-state index contributed by atoms with van der Waals surface area (Å²) in [5.74, 6) is 0.781. The quantitative estimate of drug-likeness (QED) is 0.724. The first-order valence-electron chi connectivity index (χ1n) is 10.4. The molecule has 0 aliphatic heterocycles. The van der Waals surface area contributed by atoms with Crippen LogP contribution in [0.5, 0.6) is 0 Å². The van der Waals surface area contributed by atoms with E-state index in [1.54, 1.807) is 6.08 Å². The van der Waals surface area contributed by atoms with Gasteiger partial charge in [-0.2, -0.15) is 0 Å². The third-order valence-corrected chi connectivity index (χ3v) is 8.93. The van der Waals surface area contributed by atoms with E-state index in [1.807, 2.05) is 0 Å². The number of methoxy groups -OCH3 is 1. The number of aliphatic hydroxyl groups excluding tert-OH is 2. The number of fused-ring (bicyclic) bond motifs is 5. The van der Waals surface area contributed by atoms with Gasteiger partial charge in [0.2, 0.25) is 0 Å². The number of carbonyl (C=O) groups is 2. The average Bonchev–Trinajstić information content (AvgIpc) is 2.94. The molecular weight excluding hydrogens is 344 g/mol. The van der Waals surface area contributed by atoms with E-state index in [0.29, 0.717) is 24.7 Å². The first-order chi connectivity index (χ1) is 12.7. The van der Waals surface area contributed by atoms with Crippen LogP contribution in [0.25, 0.3) is 0 Å². The molecule has 4 aliphatic carbocycles. The molecule has 0 aromatic heterocycles. The van der Waals surface area contributed by atoms with E-state index in [1.165, 1.54) is 7.11 Å². The van der Waals surface area contributed by atoms with E-state index in [4.69, 9.17) is 4.74 Å². The van der Waals surface area contributed by atoms with Gasteiger partial charge < -0.3 is 14.9 Å². The molecule has 8 unspecified atom stereocenters.